The average Bonchev–Trinajstić information content (AvgIpc) is 3.52. The molecule has 6 rings (SSSR count). The number of esters is 1. The third kappa shape index (κ3) is 6.47. The van der Waals surface area contributed by atoms with Crippen LogP contribution >= 0.6 is 10.5 Å². The molecule has 8 heteroatoms. The molecule has 0 aromatic heterocycles. The Bertz CT molecular complexity index is 1470. The molecule has 216 valence electrons. The normalized spacial score (nSPS) is 25.7. The van der Waals surface area contributed by atoms with Gasteiger partial charge in [0.05, 0.1) is 30.8 Å². The molecule has 0 saturated carbocycles. The van der Waals surface area contributed by atoms with E-state index in [1.54, 1.807) is 11.0 Å². The number of carbonyl (C=O) groups is 2. The molecule has 5 unspecified atom stereocenters. The molecule has 0 spiro atoms. The van der Waals surface area contributed by atoms with Crippen molar-refractivity contribution in [3.63, 3.8) is 0 Å². The molecule has 3 aliphatic rings. The lowest BCUT2D eigenvalue weighted by atomic mass is 9.92. The van der Waals surface area contributed by atoms with Crippen LogP contribution in [-0.2, 0) is 48.4 Å². The fourth-order valence-corrected chi connectivity index (χ4v) is 6.85. The molecule has 3 aliphatic heterocycles. The summed E-state index contributed by atoms with van der Waals surface area (Å²) in [5.41, 5.74) is 2.91. The highest BCUT2D eigenvalue weighted by Gasteiger charge is 2.51. The first-order chi connectivity index (χ1) is 20.7. The van der Waals surface area contributed by atoms with Crippen molar-refractivity contribution in [2.45, 2.75) is 44.2 Å². The molecule has 1 amide bonds. The van der Waals surface area contributed by atoms with E-state index in [0.717, 1.165) is 16.7 Å². The minimum atomic E-state index is -0.923. The highest BCUT2D eigenvalue weighted by atomic mass is 32.2. The summed E-state index contributed by atoms with van der Waals surface area (Å²) in [6.07, 6.45) is 1.35. The van der Waals surface area contributed by atoms with Crippen molar-refractivity contribution in [3.8, 4) is 0 Å². The molecule has 3 aromatic rings. The lowest BCUT2D eigenvalue weighted by Crippen LogP contribution is -2.67. The van der Waals surface area contributed by atoms with Gasteiger partial charge in [0.25, 0.3) is 5.91 Å². The molecular formula is C34H33NO6S. The summed E-state index contributed by atoms with van der Waals surface area (Å²) in [5, 5.41) is 3.96. The molecule has 1 saturated heterocycles. The van der Waals surface area contributed by atoms with Crippen molar-refractivity contribution >= 4 is 27.7 Å². The van der Waals surface area contributed by atoms with Crippen LogP contribution in [0.1, 0.15) is 16.7 Å². The van der Waals surface area contributed by atoms with Crippen molar-refractivity contribution in [3.05, 3.63) is 130 Å². The van der Waals surface area contributed by atoms with Crippen LogP contribution in [-0.4, -0.2) is 59.6 Å². The van der Waals surface area contributed by atoms with Gasteiger partial charge in [0.15, 0.2) is 6.10 Å². The number of fused-ring (bicyclic) bond motifs is 2. The fraction of sp³-hybridized carbons (Fsp3) is 0.265. The van der Waals surface area contributed by atoms with E-state index in [9.17, 15) is 9.59 Å². The van der Waals surface area contributed by atoms with Gasteiger partial charge in [0.2, 0.25) is 0 Å². The van der Waals surface area contributed by atoms with Crippen molar-refractivity contribution in [1.29, 1.82) is 0 Å². The third-order valence-corrected chi connectivity index (χ3v) is 9.30. The highest BCUT2D eigenvalue weighted by Crippen LogP contribution is 2.35. The lowest BCUT2D eigenvalue weighted by Gasteiger charge is -2.47. The topological polar surface area (TPSA) is 74.3 Å². The standard InChI is InChI=1S/C34H33NO6S/c36-33-32(40-23-27-15-8-3-9-16-27)31(39-22-26-13-6-2-7-14-26)30(38-21-25-11-4-1-5-12-25)28-24-41-34(37)29-17-10-19-42(29)20-18-35(28)33/h1-17,19-20,28,30-32H,18,21-24H2. The van der Waals surface area contributed by atoms with Crippen LogP contribution in [0.25, 0.3) is 0 Å². The predicted octanol–water partition coefficient (Wildman–Crippen LogP) is 4.99. The van der Waals surface area contributed by atoms with E-state index in [1.165, 1.54) is 0 Å². The second-order valence-electron chi connectivity index (χ2n) is 10.3. The third-order valence-electron chi connectivity index (χ3n) is 7.54. The molecule has 5 atom stereocenters. The Morgan fingerprint density at radius 2 is 1.29 bits per heavy atom. The highest BCUT2D eigenvalue weighted by molar-refractivity contribution is 8.21. The monoisotopic (exact) mass is 583 g/mol. The van der Waals surface area contributed by atoms with Crippen LogP contribution in [0.5, 0.6) is 0 Å². The van der Waals surface area contributed by atoms with Crippen molar-refractivity contribution in [1.82, 2.24) is 4.90 Å². The molecule has 0 bridgehead atoms. The SMILES string of the molecule is O=C1OCC2C(OCc3ccccc3)C(OCc3ccccc3)C(OCc3ccccc3)C(=O)N2C/C=S2/C=CC=C12. The number of hydrogen-bond acceptors (Lipinski definition) is 6. The molecule has 1 fully saturated rings. The summed E-state index contributed by atoms with van der Waals surface area (Å²) < 4.78 is 25.3. The van der Waals surface area contributed by atoms with Gasteiger partial charge >= 0.3 is 5.97 Å². The fourth-order valence-electron chi connectivity index (χ4n) is 5.36. The maximum atomic E-state index is 14.2. The Labute approximate surface area is 248 Å². The van der Waals surface area contributed by atoms with Gasteiger partial charge in [-0.05, 0) is 33.5 Å². The number of carbonyl (C=O) groups excluding carboxylic acids is 2. The molecule has 3 heterocycles. The number of nitrogens with zero attached hydrogens (tertiary/aromatic N) is 1. The molecule has 42 heavy (non-hydrogen) atoms. The smallest absolute Gasteiger partial charge is 0.344 e. The Morgan fingerprint density at radius 1 is 0.738 bits per heavy atom. The summed E-state index contributed by atoms with van der Waals surface area (Å²) in [6.45, 7) is 1.13. The van der Waals surface area contributed by atoms with E-state index in [2.05, 4.69) is 0 Å². The van der Waals surface area contributed by atoms with Gasteiger partial charge in [-0.1, -0.05) is 97.1 Å². The predicted molar refractivity (Wildman–Crippen MR) is 162 cm³/mol. The van der Waals surface area contributed by atoms with Crippen molar-refractivity contribution in [2.75, 3.05) is 13.2 Å². The van der Waals surface area contributed by atoms with Crippen molar-refractivity contribution in [2.24, 2.45) is 0 Å². The van der Waals surface area contributed by atoms with Gasteiger partial charge in [0, 0.05) is 6.54 Å². The number of ether oxygens (including phenoxy) is 4. The van der Waals surface area contributed by atoms with E-state index < -0.39 is 34.8 Å². The number of rotatable bonds is 9. The van der Waals surface area contributed by atoms with Gasteiger partial charge in [-0.3, -0.25) is 4.79 Å². The number of amides is 1. The number of hydrogen-bond donors (Lipinski definition) is 0. The summed E-state index contributed by atoms with van der Waals surface area (Å²) in [6, 6.07) is 28.9. The van der Waals surface area contributed by atoms with E-state index in [-0.39, 0.29) is 31.7 Å². The zero-order chi connectivity index (χ0) is 28.7. The number of allylic oxidation sites excluding steroid dienone is 2. The van der Waals surface area contributed by atoms with Gasteiger partial charge in [0.1, 0.15) is 18.8 Å². The van der Waals surface area contributed by atoms with Crippen LogP contribution in [0.3, 0.4) is 0 Å². The minimum Gasteiger partial charge on any atom is -0.459 e. The maximum Gasteiger partial charge on any atom is 0.344 e. The lowest BCUT2D eigenvalue weighted by molar-refractivity contribution is -0.211. The largest absolute Gasteiger partial charge is 0.459 e. The van der Waals surface area contributed by atoms with Crippen LogP contribution in [0.2, 0.25) is 0 Å². The van der Waals surface area contributed by atoms with E-state index >= 15 is 0 Å². The van der Waals surface area contributed by atoms with Crippen molar-refractivity contribution < 1.29 is 28.5 Å². The first kappa shape index (κ1) is 28.3. The molecular weight excluding hydrogens is 550 g/mol. The summed E-state index contributed by atoms with van der Waals surface area (Å²) in [5.74, 6) is -0.583. The average molecular weight is 584 g/mol. The summed E-state index contributed by atoms with van der Waals surface area (Å²) in [4.78, 5) is 29.6. The Morgan fingerprint density at radius 3 is 1.88 bits per heavy atom. The molecule has 3 aromatic carbocycles. The second-order valence-corrected chi connectivity index (χ2v) is 12.1. The van der Waals surface area contributed by atoms with E-state index in [4.69, 9.17) is 18.9 Å². The molecule has 0 radical (unpaired) electrons. The van der Waals surface area contributed by atoms with E-state index in [1.807, 2.05) is 108 Å². The summed E-state index contributed by atoms with van der Waals surface area (Å²) in [7, 11) is -0.537. The molecule has 0 N–H and O–H groups in total. The van der Waals surface area contributed by atoms with Gasteiger partial charge < -0.3 is 23.8 Å². The van der Waals surface area contributed by atoms with Crippen LogP contribution in [0.15, 0.2) is 113 Å². The van der Waals surface area contributed by atoms with Gasteiger partial charge in [-0.2, -0.15) is 0 Å². The molecule has 7 nitrogen and oxygen atoms in total. The first-order valence-corrected chi connectivity index (χ1v) is 15.4. The number of cyclic esters (lactones) is 1. The first-order valence-electron chi connectivity index (χ1n) is 14.1. The minimum absolute atomic E-state index is 0.0109. The second kappa shape index (κ2) is 13.4. The number of piperidine rings is 1. The summed E-state index contributed by atoms with van der Waals surface area (Å²) >= 11 is 0. The Kier molecular flexibility index (Phi) is 9.06. The maximum absolute atomic E-state index is 14.2. The Hall–Kier alpha value is -3.82. The van der Waals surface area contributed by atoms with Gasteiger partial charge in [-0.15, -0.1) is 10.5 Å². The van der Waals surface area contributed by atoms with Crippen LogP contribution in [0.4, 0.5) is 0 Å². The zero-order valence-electron chi connectivity index (χ0n) is 23.1. The molecule has 0 aliphatic carbocycles. The Balaban J connectivity index is 1.35. The van der Waals surface area contributed by atoms with Crippen LogP contribution in [0, 0.1) is 0 Å². The quantitative estimate of drug-likeness (QED) is 0.261. The van der Waals surface area contributed by atoms with E-state index in [0.29, 0.717) is 18.1 Å². The number of benzene rings is 3. The van der Waals surface area contributed by atoms with Gasteiger partial charge in [-0.25, -0.2) is 4.79 Å². The van der Waals surface area contributed by atoms with Crippen LogP contribution < -0.4 is 0 Å². The zero-order valence-corrected chi connectivity index (χ0v) is 23.9.